The lowest BCUT2D eigenvalue weighted by molar-refractivity contribution is 0.0611. The molecule has 0 spiro atoms. The van der Waals surface area contributed by atoms with Crippen molar-refractivity contribution in [3.8, 4) is 0 Å². The Balaban J connectivity index is 2.58. The first-order chi connectivity index (χ1) is 5.63. The monoisotopic (exact) mass is 175 g/mol. The molecule has 1 fully saturated rings. The van der Waals surface area contributed by atoms with Crippen LogP contribution in [-0.4, -0.2) is 52.6 Å². The molecule has 5 heteroatoms. The van der Waals surface area contributed by atoms with Crippen molar-refractivity contribution < 1.29 is 20.1 Å². The van der Waals surface area contributed by atoms with Crippen LogP contribution in [0.25, 0.3) is 0 Å². The number of amides is 1. The van der Waals surface area contributed by atoms with Gasteiger partial charge in [0.05, 0.1) is 13.2 Å². The zero-order valence-corrected chi connectivity index (χ0v) is 6.73. The van der Waals surface area contributed by atoms with E-state index in [0.29, 0.717) is 13.0 Å². The molecule has 1 rings (SSSR count). The molecule has 0 aliphatic carbocycles. The molecule has 3 N–H and O–H groups in total. The van der Waals surface area contributed by atoms with E-state index in [1.54, 1.807) is 0 Å². The van der Waals surface area contributed by atoms with Crippen LogP contribution in [0.15, 0.2) is 0 Å². The SMILES string of the molecule is O=C(O)N1CCC(CO)(CO)C1. The molecule has 1 aliphatic heterocycles. The minimum Gasteiger partial charge on any atom is -0.465 e. The first-order valence-electron chi connectivity index (χ1n) is 3.83. The van der Waals surface area contributed by atoms with Crippen molar-refractivity contribution in [2.75, 3.05) is 26.3 Å². The highest BCUT2D eigenvalue weighted by molar-refractivity contribution is 5.65. The Morgan fingerprint density at radius 1 is 1.42 bits per heavy atom. The van der Waals surface area contributed by atoms with E-state index < -0.39 is 11.5 Å². The topological polar surface area (TPSA) is 81.0 Å². The van der Waals surface area contributed by atoms with E-state index in [0.717, 1.165) is 0 Å². The van der Waals surface area contributed by atoms with Gasteiger partial charge in [-0.05, 0) is 6.42 Å². The van der Waals surface area contributed by atoms with Gasteiger partial charge in [0, 0.05) is 18.5 Å². The molecule has 0 atom stereocenters. The summed E-state index contributed by atoms with van der Waals surface area (Å²) in [5.41, 5.74) is -0.613. The number of aliphatic hydroxyl groups is 2. The number of hydrogen-bond acceptors (Lipinski definition) is 3. The van der Waals surface area contributed by atoms with E-state index in [4.69, 9.17) is 15.3 Å². The van der Waals surface area contributed by atoms with E-state index in [1.807, 2.05) is 0 Å². The fourth-order valence-electron chi connectivity index (χ4n) is 1.41. The second kappa shape index (κ2) is 3.28. The highest BCUT2D eigenvalue weighted by Crippen LogP contribution is 2.29. The number of carboxylic acid groups (broad SMARTS) is 1. The summed E-state index contributed by atoms with van der Waals surface area (Å²) in [7, 11) is 0. The Kier molecular flexibility index (Phi) is 2.54. The van der Waals surface area contributed by atoms with Gasteiger partial charge in [-0.15, -0.1) is 0 Å². The zero-order chi connectivity index (χ0) is 9.19. The molecule has 0 aromatic carbocycles. The molecule has 0 radical (unpaired) electrons. The lowest BCUT2D eigenvalue weighted by Gasteiger charge is -2.23. The maximum atomic E-state index is 10.5. The molecule has 0 saturated carbocycles. The van der Waals surface area contributed by atoms with Crippen LogP contribution in [0.3, 0.4) is 0 Å². The van der Waals surface area contributed by atoms with Crippen LogP contribution in [-0.2, 0) is 0 Å². The molecule has 0 bridgehead atoms. The Hall–Kier alpha value is -0.810. The Labute approximate surface area is 70.2 Å². The maximum Gasteiger partial charge on any atom is 0.407 e. The van der Waals surface area contributed by atoms with Crippen LogP contribution < -0.4 is 0 Å². The predicted molar refractivity (Wildman–Crippen MR) is 40.8 cm³/mol. The molecular weight excluding hydrogens is 162 g/mol. The second-order valence-electron chi connectivity index (χ2n) is 3.27. The fraction of sp³-hybridized carbons (Fsp3) is 0.857. The maximum absolute atomic E-state index is 10.5. The third kappa shape index (κ3) is 1.51. The standard InChI is InChI=1S/C7H13NO4/c9-4-7(5-10)1-2-8(3-7)6(11)12/h9-10H,1-5H2,(H,11,12). The quantitative estimate of drug-likeness (QED) is 0.520. The summed E-state index contributed by atoms with van der Waals surface area (Å²) < 4.78 is 0. The molecule has 0 aromatic heterocycles. The molecule has 1 amide bonds. The Morgan fingerprint density at radius 3 is 2.25 bits per heavy atom. The summed E-state index contributed by atoms with van der Waals surface area (Å²) in [5, 5.41) is 26.5. The lowest BCUT2D eigenvalue weighted by Crippen LogP contribution is -2.35. The predicted octanol–water partition coefficient (Wildman–Crippen LogP) is -0.659. The smallest absolute Gasteiger partial charge is 0.407 e. The third-order valence-corrected chi connectivity index (χ3v) is 2.38. The molecule has 1 heterocycles. The van der Waals surface area contributed by atoms with Crippen molar-refractivity contribution in [2.24, 2.45) is 5.41 Å². The van der Waals surface area contributed by atoms with Crippen LogP contribution in [0, 0.1) is 5.41 Å². The fourth-order valence-corrected chi connectivity index (χ4v) is 1.41. The van der Waals surface area contributed by atoms with Gasteiger partial charge in [-0.1, -0.05) is 0 Å². The van der Waals surface area contributed by atoms with Crippen LogP contribution >= 0.6 is 0 Å². The van der Waals surface area contributed by atoms with Gasteiger partial charge in [0.1, 0.15) is 0 Å². The van der Waals surface area contributed by atoms with Crippen LogP contribution in [0.4, 0.5) is 4.79 Å². The van der Waals surface area contributed by atoms with E-state index in [9.17, 15) is 4.79 Å². The molecule has 70 valence electrons. The van der Waals surface area contributed by atoms with E-state index >= 15 is 0 Å². The number of carbonyl (C=O) groups is 1. The van der Waals surface area contributed by atoms with Gasteiger partial charge in [0.25, 0.3) is 0 Å². The number of rotatable bonds is 2. The van der Waals surface area contributed by atoms with E-state index in [1.165, 1.54) is 4.90 Å². The van der Waals surface area contributed by atoms with Gasteiger partial charge < -0.3 is 20.2 Å². The van der Waals surface area contributed by atoms with Gasteiger partial charge in [-0.2, -0.15) is 0 Å². The second-order valence-corrected chi connectivity index (χ2v) is 3.27. The minimum atomic E-state index is -0.987. The summed E-state index contributed by atoms with van der Waals surface area (Å²) >= 11 is 0. The van der Waals surface area contributed by atoms with Gasteiger partial charge in [0.15, 0.2) is 0 Å². The molecule has 0 unspecified atom stereocenters. The molecular formula is C7H13NO4. The number of aliphatic hydroxyl groups excluding tert-OH is 2. The first kappa shape index (κ1) is 9.28. The summed E-state index contributed by atoms with van der Waals surface area (Å²) in [6, 6.07) is 0. The molecule has 5 nitrogen and oxygen atoms in total. The summed E-state index contributed by atoms with van der Waals surface area (Å²) in [6.45, 7) is 0.312. The summed E-state index contributed by atoms with van der Waals surface area (Å²) in [5.74, 6) is 0. The highest BCUT2D eigenvalue weighted by atomic mass is 16.4. The van der Waals surface area contributed by atoms with E-state index in [-0.39, 0.29) is 19.8 Å². The lowest BCUT2D eigenvalue weighted by atomic mass is 9.89. The van der Waals surface area contributed by atoms with Crippen molar-refractivity contribution in [1.29, 1.82) is 0 Å². The van der Waals surface area contributed by atoms with Crippen LogP contribution in [0.1, 0.15) is 6.42 Å². The van der Waals surface area contributed by atoms with Crippen molar-refractivity contribution >= 4 is 6.09 Å². The highest BCUT2D eigenvalue weighted by Gasteiger charge is 2.38. The van der Waals surface area contributed by atoms with Crippen molar-refractivity contribution in [1.82, 2.24) is 4.90 Å². The van der Waals surface area contributed by atoms with E-state index in [2.05, 4.69) is 0 Å². The van der Waals surface area contributed by atoms with Crippen LogP contribution in [0.2, 0.25) is 0 Å². The van der Waals surface area contributed by atoms with Gasteiger partial charge in [-0.25, -0.2) is 4.79 Å². The van der Waals surface area contributed by atoms with Crippen molar-refractivity contribution in [2.45, 2.75) is 6.42 Å². The van der Waals surface area contributed by atoms with Gasteiger partial charge >= 0.3 is 6.09 Å². The van der Waals surface area contributed by atoms with Crippen molar-refractivity contribution in [3.05, 3.63) is 0 Å². The Morgan fingerprint density at radius 2 is 2.00 bits per heavy atom. The number of likely N-dealkylation sites (tertiary alicyclic amines) is 1. The largest absolute Gasteiger partial charge is 0.465 e. The summed E-state index contributed by atoms with van der Waals surface area (Å²) in [4.78, 5) is 11.7. The normalized spacial score (nSPS) is 21.3. The zero-order valence-electron chi connectivity index (χ0n) is 6.73. The van der Waals surface area contributed by atoms with Gasteiger partial charge in [0.2, 0.25) is 0 Å². The Bertz CT molecular complexity index is 178. The number of nitrogens with zero attached hydrogens (tertiary/aromatic N) is 1. The summed E-state index contributed by atoms with van der Waals surface area (Å²) in [6.07, 6.45) is -0.453. The molecule has 1 aliphatic rings. The molecule has 12 heavy (non-hydrogen) atoms. The van der Waals surface area contributed by atoms with Crippen molar-refractivity contribution in [3.63, 3.8) is 0 Å². The number of hydrogen-bond donors (Lipinski definition) is 3. The third-order valence-electron chi connectivity index (χ3n) is 2.38. The van der Waals surface area contributed by atoms with Crippen LogP contribution in [0.5, 0.6) is 0 Å². The first-order valence-corrected chi connectivity index (χ1v) is 3.83. The average molecular weight is 175 g/mol. The van der Waals surface area contributed by atoms with Gasteiger partial charge in [-0.3, -0.25) is 0 Å². The molecule has 0 aromatic rings. The minimum absolute atomic E-state index is 0.159. The average Bonchev–Trinajstić information content (AvgIpc) is 2.49. The molecule has 1 saturated heterocycles.